The Bertz CT molecular complexity index is 426. The van der Waals surface area contributed by atoms with Crippen LogP contribution in [0.1, 0.15) is 32.6 Å². The largest absolute Gasteiger partial charge is 0.481 e. The number of carboxylic acid groups (broad SMARTS) is 1. The Kier molecular flexibility index (Phi) is 4.98. The van der Waals surface area contributed by atoms with Crippen molar-refractivity contribution in [3.8, 4) is 0 Å². The van der Waals surface area contributed by atoms with Crippen LogP contribution in [0, 0.1) is 5.41 Å². The van der Waals surface area contributed by atoms with Crippen molar-refractivity contribution in [1.82, 2.24) is 5.32 Å². The molecule has 0 aliphatic heterocycles. The Labute approximate surface area is 121 Å². The highest BCUT2D eigenvalue weighted by Gasteiger charge is 2.28. The van der Waals surface area contributed by atoms with Crippen LogP contribution in [0.25, 0.3) is 0 Å². The maximum Gasteiger partial charge on any atom is 0.310 e. The molecular weight excluding hydrogens is 314 g/mol. The second-order valence-corrected chi connectivity index (χ2v) is 7.63. The zero-order chi connectivity index (χ0) is 14.0. The summed E-state index contributed by atoms with van der Waals surface area (Å²) in [5.41, 5.74) is -0.725. The van der Waals surface area contributed by atoms with E-state index in [1.165, 1.54) is 4.88 Å². The molecule has 1 aromatic heterocycles. The topological polar surface area (TPSA) is 49.3 Å². The molecule has 2 N–H and O–H groups in total. The summed E-state index contributed by atoms with van der Waals surface area (Å²) in [7, 11) is 0. The quantitative estimate of drug-likeness (QED) is 0.837. The number of aliphatic carboxylic acids is 1. The predicted molar refractivity (Wildman–Crippen MR) is 79.3 cm³/mol. The van der Waals surface area contributed by atoms with Crippen LogP contribution in [0.15, 0.2) is 15.9 Å². The number of rotatable bonds is 6. The predicted octanol–water partition coefficient (Wildman–Crippen LogP) is 3.49. The summed E-state index contributed by atoms with van der Waals surface area (Å²) in [5, 5.41) is 14.4. The SMILES string of the molecule is CC(C)(CNCC(C)(C)c1cc(Br)cs1)C(=O)O. The third-order valence-electron chi connectivity index (χ3n) is 2.95. The summed E-state index contributed by atoms with van der Waals surface area (Å²) in [5.74, 6) is -0.772. The van der Waals surface area contributed by atoms with Gasteiger partial charge in [-0.05, 0) is 35.8 Å². The molecule has 0 aromatic carbocycles. The van der Waals surface area contributed by atoms with Gasteiger partial charge in [-0.15, -0.1) is 11.3 Å². The molecule has 0 fully saturated rings. The van der Waals surface area contributed by atoms with Crippen LogP contribution in [-0.2, 0) is 10.2 Å². The third kappa shape index (κ3) is 4.07. The highest BCUT2D eigenvalue weighted by atomic mass is 79.9. The van der Waals surface area contributed by atoms with Gasteiger partial charge >= 0.3 is 5.97 Å². The number of carboxylic acids is 1. The molecule has 102 valence electrons. The lowest BCUT2D eigenvalue weighted by Gasteiger charge is -2.27. The minimum absolute atomic E-state index is 0.00523. The van der Waals surface area contributed by atoms with Crippen molar-refractivity contribution >= 4 is 33.2 Å². The summed E-state index contributed by atoms with van der Waals surface area (Å²) >= 11 is 5.17. The van der Waals surface area contributed by atoms with E-state index in [-0.39, 0.29) is 5.41 Å². The molecule has 1 rings (SSSR count). The van der Waals surface area contributed by atoms with E-state index >= 15 is 0 Å². The summed E-state index contributed by atoms with van der Waals surface area (Å²) < 4.78 is 1.10. The van der Waals surface area contributed by atoms with E-state index < -0.39 is 11.4 Å². The standard InChI is InChI=1S/C13H20BrNO2S/c1-12(2,10-5-9(14)6-18-10)7-15-8-13(3,4)11(16)17/h5-6,15H,7-8H2,1-4H3,(H,16,17). The Hall–Kier alpha value is -0.390. The molecule has 0 radical (unpaired) electrons. The van der Waals surface area contributed by atoms with Crippen LogP contribution in [0.3, 0.4) is 0 Å². The first-order valence-electron chi connectivity index (χ1n) is 5.84. The van der Waals surface area contributed by atoms with Crippen molar-refractivity contribution in [1.29, 1.82) is 0 Å². The van der Waals surface area contributed by atoms with Gasteiger partial charge in [0.1, 0.15) is 0 Å². The zero-order valence-corrected chi connectivity index (χ0v) is 13.6. The molecular formula is C13H20BrNO2S. The maximum absolute atomic E-state index is 11.0. The second kappa shape index (κ2) is 5.72. The minimum atomic E-state index is -0.772. The molecule has 1 aromatic rings. The van der Waals surface area contributed by atoms with Gasteiger partial charge in [0.25, 0.3) is 0 Å². The van der Waals surface area contributed by atoms with Crippen molar-refractivity contribution < 1.29 is 9.90 Å². The monoisotopic (exact) mass is 333 g/mol. The number of carbonyl (C=O) groups is 1. The van der Waals surface area contributed by atoms with E-state index in [2.05, 4.69) is 46.5 Å². The molecule has 0 saturated heterocycles. The molecule has 5 heteroatoms. The average molecular weight is 334 g/mol. The van der Waals surface area contributed by atoms with Crippen molar-refractivity contribution in [3.63, 3.8) is 0 Å². The summed E-state index contributed by atoms with van der Waals surface area (Å²) in [6.07, 6.45) is 0. The van der Waals surface area contributed by atoms with Crippen molar-refractivity contribution in [2.75, 3.05) is 13.1 Å². The van der Waals surface area contributed by atoms with Gasteiger partial charge in [0.15, 0.2) is 0 Å². The average Bonchev–Trinajstić information content (AvgIpc) is 2.64. The number of hydrogen-bond acceptors (Lipinski definition) is 3. The van der Waals surface area contributed by atoms with Crippen LogP contribution in [0.5, 0.6) is 0 Å². The second-order valence-electron chi connectivity index (χ2n) is 5.81. The Morgan fingerprint density at radius 2 is 2.00 bits per heavy atom. The lowest BCUT2D eigenvalue weighted by atomic mass is 9.89. The maximum atomic E-state index is 11.0. The molecule has 0 unspecified atom stereocenters. The number of halogens is 1. The van der Waals surface area contributed by atoms with E-state index in [1.807, 2.05) is 0 Å². The Balaban J connectivity index is 2.55. The van der Waals surface area contributed by atoms with E-state index in [9.17, 15) is 4.79 Å². The number of hydrogen-bond donors (Lipinski definition) is 2. The van der Waals surface area contributed by atoms with Gasteiger partial charge in [-0.2, -0.15) is 0 Å². The van der Waals surface area contributed by atoms with Crippen LogP contribution >= 0.6 is 27.3 Å². The summed E-state index contributed by atoms with van der Waals surface area (Å²) in [6, 6.07) is 2.12. The van der Waals surface area contributed by atoms with Gasteiger partial charge < -0.3 is 10.4 Å². The Morgan fingerprint density at radius 1 is 1.39 bits per heavy atom. The van der Waals surface area contributed by atoms with Gasteiger partial charge in [-0.3, -0.25) is 4.79 Å². The molecule has 1 heterocycles. The molecule has 0 spiro atoms. The lowest BCUT2D eigenvalue weighted by molar-refractivity contribution is -0.146. The molecule has 0 aliphatic rings. The van der Waals surface area contributed by atoms with E-state index in [0.29, 0.717) is 6.54 Å². The van der Waals surface area contributed by atoms with Gasteiger partial charge in [-0.25, -0.2) is 0 Å². The smallest absolute Gasteiger partial charge is 0.310 e. The number of thiophene rings is 1. The molecule has 0 bridgehead atoms. The fourth-order valence-electron chi connectivity index (χ4n) is 1.52. The molecule has 3 nitrogen and oxygen atoms in total. The van der Waals surface area contributed by atoms with Gasteiger partial charge in [0, 0.05) is 33.2 Å². The van der Waals surface area contributed by atoms with Crippen LogP contribution < -0.4 is 5.32 Å². The summed E-state index contributed by atoms with van der Waals surface area (Å²) in [6.45, 7) is 9.02. The highest BCUT2D eigenvalue weighted by Crippen LogP contribution is 2.31. The first-order valence-corrected chi connectivity index (χ1v) is 7.51. The molecule has 18 heavy (non-hydrogen) atoms. The van der Waals surface area contributed by atoms with E-state index in [0.717, 1.165) is 11.0 Å². The summed E-state index contributed by atoms with van der Waals surface area (Å²) in [4.78, 5) is 12.3. The third-order valence-corrected chi connectivity index (χ3v) is 5.00. The minimum Gasteiger partial charge on any atom is -0.481 e. The fourth-order valence-corrected chi connectivity index (χ4v) is 3.07. The molecule has 0 saturated carbocycles. The fraction of sp³-hybridized carbons (Fsp3) is 0.615. The molecule has 0 amide bonds. The van der Waals surface area contributed by atoms with Crippen LogP contribution in [0.2, 0.25) is 0 Å². The van der Waals surface area contributed by atoms with Crippen LogP contribution in [-0.4, -0.2) is 24.2 Å². The van der Waals surface area contributed by atoms with Gasteiger partial charge in [-0.1, -0.05) is 13.8 Å². The highest BCUT2D eigenvalue weighted by molar-refractivity contribution is 9.10. The van der Waals surface area contributed by atoms with E-state index in [4.69, 9.17) is 5.11 Å². The first kappa shape index (κ1) is 15.7. The van der Waals surface area contributed by atoms with E-state index in [1.54, 1.807) is 25.2 Å². The van der Waals surface area contributed by atoms with Crippen LogP contribution in [0.4, 0.5) is 0 Å². The first-order chi connectivity index (χ1) is 8.15. The molecule has 0 atom stereocenters. The number of nitrogens with one attached hydrogen (secondary N) is 1. The Morgan fingerprint density at radius 3 is 2.44 bits per heavy atom. The van der Waals surface area contributed by atoms with Crippen molar-refractivity contribution in [2.45, 2.75) is 33.1 Å². The lowest BCUT2D eigenvalue weighted by Crippen LogP contribution is -2.41. The normalized spacial score (nSPS) is 12.7. The van der Waals surface area contributed by atoms with Crippen molar-refractivity contribution in [3.05, 3.63) is 20.8 Å². The van der Waals surface area contributed by atoms with Gasteiger partial charge in [0.2, 0.25) is 0 Å². The zero-order valence-electron chi connectivity index (χ0n) is 11.2. The molecule has 0 aliphatic carbocycles. The van der Waals surface area contributed by atoms with Gasteiger partial charge in [0.05, 0.1) is 5.41 Å². The van der Waals surface area contributed by atoms with Crippen molar-refractivity contribution in [2.24, 2.45) is 5.41 Å².